The summed E-state index contributed by atoms with van der Waals surface area (Å²) in [4.78, 5) is 83.5. The minimum Gasteiger partial charge on any atom is -0.444 e. The van der Waals surface area contributed by atoms with Crippen molar-refractivity contribution in [1.82, 2.24) is 20.9 Å². The van der Waals surface area contributed by atoms with Gasteiger partial charge in [0.05, 0.1) is 23.9 Å². The lowest BCUT2D eigenvalue weighted by Gasteiger charge is -2.35. The van der Waals surface area contributed by atoms with Crippen molar-refractivity contribution >= 4 is 57.9 Å². The van der Waals surface area contributed by atoms with E-state index in [9.17, 15) is 28.8 Å². The number of nitrogens with zero attached hydrogens (tertiary/aromatic N) is 1. The monoisotopic (exact) mass is 775 g/mol. The van der Waals surface area contributed by atoms with Crippen LogP contribution in [0.3, 0.4) is 0 Å². The number of nitrogens with one attached hydrogen (secondary N) is 3. The molecule has 0 bridgehead atoms. The number of ether oxygens (including phenoxy) is 1. The Kier molecular flexibility index (Phi) is 15.8. The molecule has 0 radical (unpaired) electrons. The van der Waals surface area contributed by atoms with Crippen molar-refractivity contribution in [3.63, 3.8) is 0 Å². The number of Topliss-reactive ketones (excluding diaryl/α,β-unsaturated/α-hetero) is 2. The highest BCUT2D eigenvalue weighted by Crippen LogP contribution is 2.20. The van der Waals surface area contributed by atoms with Crippen molar-refractivity contribution < 1.29 is 33.5 Å². The van der Waals surface area contributed by atoms with Gasteiger partial charge in [0.25, 0.3) is 0 Å². The number of amides is 4. The van der Waals surface area contributed by atoms with E-state index in [4.69, 9.17) is 21.9 Å². The van der Waals surface area contributed by atoms with Crippen LogP contribution in [-0.4, -0.2) is 101 Å². The van der Waals surface area contributed by atoms with E-state index >= 15 is 0 Å². The molecular formula is C40H53N7O7S. The smallest absolute Gasteiger partial charge is 0.408 e. The molecule has 1 fully saturated rings. The topological polar surface area (TPSA) is 229 Å². The number of rotatable bonds is 16. The van der Waals surface area contributed by atoms with Gasteiger partial charge in [0.2, 0.25) is 17.7 Å². The molecule has 55 heavy (non-hydrogen) atoms. The van der Waals surface area contributed by atoms with Crippen LogP contribution in [-0.2, 0) is 41.7 Å². The van der Waals surface area contributed by atoms with Gasteiger partial charge in [0.1, 0.15) is 11.6 Å². The van der Waals surface area contributed by atoms with Crippen LogP contribution in [0.5, 0.6) is 0 Å². The maximum Gasteiger partial charge on any atom is 0.408 e. The largest absolute Gasteiger partial charge is 0.444 e. The zero-order chi connectivity index (χ0) is 40.1. The van der Waals surface area contributed by atoms with Gasteiger partial charge in [0, 0.05) is 18.8 Å². The average molecular weight is 776 g/mol. The van der Waals surface area contributed by atoms with Crippen LogP contribution in [0.4, 0.5) is 4.79 Å². The van der Waals surface area contributed by atoms with E-state index in [-0.39, 0.29) is 24.3 Å². The van der Waals surface area contributed by atoms with Crippen LogP contribution in [0.1, 0.15) is 51.2 Å². The Labute approximate surface area is 326 Å². The van der Waals surface area contributed by atoms with Gasteiger partial charge in [-0.2, -0.15) is 0 Å². The highest BCUT2D eigenvalue weighted by molar-refractivity contribution is 8.00. The standard InChI is InChI=1S/C40H53N7O7S/c1-40(2,3)54-39(53)46-30(18-9-10-19-41)36(50)31-22-47(34(37(43)51)35(49)29(42)20-25-12-5-4-6-13-25)33(48)24-55-23-32(38(52)45-31)44-21-27-16-11-15-26-14-7-8-17-28(26)27/h4-8,11-17,29-32,34,44H,9-10,18-24,41-42H2,1-3H3,(H2,43,51)(H,45,52)(H,46,53)/t29-,30+,31?,32?,34?/m0/s1. The zero-order valence-corrected chi connectivity index (χ0v) is 32.4. The fourth-order valence-electron chi connectivity index (χ4n) is 6.37. The van der Waals surface area contributed by atoms with Crippen molar-refractivity contribution in [3.8, 4) is 0 Å². The highest BCUT2D eigenvalue weighted by atomic mass is 32.2. The lowest BCUT2D eigenvalue weighted by Crippen LogP contribution is -2.64. The van der Waals surface area contributed by atoms with Crippen molar-refractivity contribution in [3.05, 3.63) is 83.9 Å². The molecule has 1 aliphatic heterocycles. The highest BCUT2D eigenvalue weighted by Gasteiger charge is 2.42. The molecule has 0 aromatic heterocycles. The minimum absolute atomic E-state index is 0.0619. The van der Waals surface area contributed by atoms with Gasteiger partial charge in [-0.3, -0.25) is 24.0 Å². The van der Waals surface area contributed by atoms with Crippen LogP contribution in [0.2, 0.25) is 0 Å². The third kappa shape index (κ3) is 12.6. The summed E-state index contributed by atoms with van der Waals surface area (Å²) in [6.07, 6.45) is 0.312. The van der Waals surface area contributed by atoms with E-state index in [1.54, 1.807) is 51.1 Å². The van der Waals surface area contributed by atoms with Gasteiger partial charge in [-0.25, -0.2) is 4.79 Å². The molecule has 1 heterocycles. The second-order valence-corrected chi connectivity index (χ2v) is 15.6. The molecule has 296 valence electrons. The second kappa shape index (κ2) is 20.2. The number of carbonyl (C=O) groups is 6. The molecule has 0 spiro atoms. The van der Waals surface area contributed by atoms with E-state index in [2.05, 4.69) is 16.0 Å². The number of nitrogens with two attached hydrogens (primary N) is 3. The fourth-order valence-corrected chi connectivity index (χ4v) is 7.33. The van der Waals surface area contributed by atoms with Crippen LogP contribution in [0.15, 0.2) is 72.8 Å². The molecule has 15 heteroatoms. The van der Waals surface area contributed by atoms with Crippen molar-refractivity contribution in [2.45, 2.75) is 88.8 Å². The third-order valence-electron chi connectivity index (χ3n) is 9.10. The maximum absolute atomic E-state index is 14.5. The summed E-state index contributed by atoms with van der Waals surface area (Å²) in [7, 11) is 0. The van der Waals surface area contributed by atoms with E-state index < -0.39 is 77.7 Å². The molecule has 3 aromatic rings. The van der Waals surface area contributed by atoms with E-state index in [1.165, 1.54) is 0 Å². The second-order valence-electron chi connectivity index (χ2n) is 14.6. The minimum atomic E-state index is -1.84. The zero-order valence-electron chi connectivity index (χ0n) is 31.6. The molecule has 0 aliphatic carbocycles. The Morgan fingerprint density at radius 3 is 2.36 bits per heavy atom. The number of fused-ring (bicyclic) bond motifs is 1. The molecule has 9 N–H and O–H groups in total. The van der Waals surface area contributed by atoms with E-state index in [0.717, 1.165) is 38.6 Å². The molecule has 3 unspecified atom stereocenters. The molecule has 4 rings (SSSR count). The van der Waals surface area contributed by atoms with Gasteiger partial charge in [-0.1, -0.05) is 72.8 Å². The average Bonchev–Trinajstić information content (AvgIpc) is 3.13. The Balaban J connectivity index is 1.68. The summed E-state index contributed by atoms with van der Waals surface area (Å²) < 4.78 is 5.44. The summed E-state index contributed by atoms with van der Waals surface area (Å²) in [5.41, 5.74) is 18.6. The van der Waals surface area contributed by atoms with Gasteiger partial charge in [0.15, 0.2) is 17.6 Å². The molecule has 4 amide bonds. The van der Waals surface area contributed by atoms with E-state index in [0.29, 0.717) is 25.9 Å². The van der Waals surface area contributed by atoms with Gasteiger partial charge in [-0.05, 0) is 74.9 Å². The first-order valence-electron chi connectivity index (χ1n) is 18.4. The van der Waals surface area contributed by atoms with Crippen LogP contribution < -0.4 is 33.2 Å². The van der Waals surface area contributed by atoms with E-state index in [1.807, 2.05) is 42.5 Å². The first kappa shape index (κ1) is 42.9. The van der Waals surface area contributed by atoms with Crippen LogP contribution in [0.25, 0.3) is 10.8 Å². The first-order chi connectivity index (χ1) is 26.2. The number of hydrogen-bond donors (Lipinski definition) is 6. The summed E-state index contributed by atoms with van der Waals surface area (Å²) in [6, 6.07) is 16.0. The number of alkyl carbamates (subject to hydrolysis) is 1. The Bertz CT molecular complexity index is 1810. The van der Waals surface area contributed by atoms with Gasteiger partial charge in [-0.15, -0.1) is 11.8 Å². The van der Waals surface area contributed by atoms with Gasteiger partial charge >= 0.3 is 6.09 Å². The number of primary amides is 1. The molecular weight excluding hydrogens is 723 g/mol. The fraction of sp³-hybridized carbons (Fsp3) is 0.450. The lowest BCUT2D eigenvalue weighted by molar-refractivity contribution is -0.146. The Morgan fingerprint density at radius 1 is 0.982 bits per heavy atom. The SMILES string of the molecule is CC(C)(C)OC(=O)N[C@H](CCCCN)C(=O)C1CN(C(C(N)=O)C(=O)[C@@H](N)Cc2ccccc2)C(=O)CSCC(NCc2cccc3ccccc23)C(=O)N1. The maximum atomic E-state index is 14.5. The predicted molar refractivity (Wildman–Crippen MR) is 213 cm³/mol. The Morgan fingerprint density at radius 2 is 1.67 bits per heavy atom. The molecule has 1 aliphatic rings. The molecule has 1 saturated heterocycles. The summed E-state index contributed by atoms with van der Waals surface area (Å²) >= 11 is 1.13. The summed E-state index contributed by atoms with van der Waals surface area (Å²) in [5.74, 6) is -3.96. The number of carbonyl (C=O) groups excluding carboxylic acids is 6. The lowest BCUT2D eigenvalue weighted by atomic mass is 9.95. The molecule has 0 saturated carbocycles. The van der Waals surface area contributed by atoms with Crippen LogP contribution in [0, 0.1) is 0 Å². The number of thioether (sulfide) groups is 1. The van der Waals surface area contributed by atoms with Crippen molar-refractivity contribution in [1.29, 1.82) is 0 Å². The summed E-state index contributed by atoms with van der Waals surface area (Å²) in [5, 5.41) is 10.7. The molecule has 5 atom stereocenters. The Hall–Kier alpha value is -4.83. The molecule has 3 aromatic carbocycles. The number of unbranched alkanes of at least 4 members (excludes halogenated alkanes) is 1. The predicted octanol–water partition coefficient (Wildman–Crippen LogP) is 1.94. The molecule has 14 nitrogen and oxygen atoms in total. The van der Waals surface area contributed by atoms with Gasteiger partial charge < -0.3 is 42.8 Å². The normalized spacial score (nSPS) is 18.5. The first-order valence-corrected chi connectivity index (χ1v) is 19.6. The number of hydrogen-bond acceptors (Lipinski definition) is 11. The van der Waals surface area contributed by atoms with Crippen molar-refractivity contribution in [2.75, 3.05) is 24.6 Å². The van der Waals surface area contributed by atoms with Crippen molar-refractivity contribution in [2.24, 2.45) is 17.2 Å². The number of benzene rings is 3. The van der Waals surface area contributed by atoms with Crippen LogP contribution >= 0.6 is 11.8 Å². The summed E-state index contributed by atoms with van der Waals surface area (Å²) in [6.45, 7) is 5.07. The quantitative estimate of drug-likeness (QED) is 0.0910. The third-order valence-corrected chi connectivity index (χ3v) is 10.1. The number of ketones is 2.